The SMILES string of the molecule is O=C(O)/C=C\C(=O)O.O=C1OC(=O)c2ccccc21. The van der Waals surface area contributed by atoms with Crippen LogP contribution < -0.4 is 0 Å². The summed E-state index contributed by atoms with van der Waals surface area (Å²) in [5.74, 6) is -3.61. The molecule has 0 saturated heterocycles. The van der Waals surface area contributed by atoms with Crippen molar-refractivity contribution in [2.45, 2.75) is 0 Å². The standard InChI is InChI=1S/C8H4O3.C4H4O4/c9-7-5-3-1-2-4-6(5)8(10)11-7;5-3(6)1-2-4(7)8/h1-4H;1-2H,(H,5,6)(H,7,8)/b;2-1-. The first-order chi connectivity index (χ1) is 8.91. The second kappa shape index (κ2) is 6.10. The van der Waals surface area contributed by atoms with Gasteiger partial charge in [-0.1, -0.05) is 12.1 Å². The molecule has 0 atom stereocenters. The number of carbonyl (C=O) groups is 4. The Morgan fingerprint density at radius 2 is 1.26 bits per heavy atom. The Hall–Kier alpha value is -2.96. The first-order valence-corrected chi connectivity index (χ1v) is 4.91. The Morgan fingerprint density at radius 1 is 0.895 bits per heavy atom. The highest BCUT2D eigenvalue weighted by molar-refractivity contribution is 6.14. The summed E-state index contributed by atoms with van der Waals surface area (Å²) in [6.07, 6.45) is 1.12. The van der Waals surface area contributed by atoms with Gasteiger partial charge >= 0.3 is 23.9 Å². The molecule has 0 unspecified atom stereocenters. The molecule has 1 aliphatic rings. The third-order valence-corrected chi connectivity index (χ3v) is 1.92. The van der Waals surface area contributed by atoms with Crippen LogP contribution in [0.2, 0.25) is 0 Å². The van der Waals surface area contributed by atoms with Gasteiger partial charge in [0.2, 0.25) is 0 Å². The number of carboxylic acid groups (broad SMARTS) is 2. The number of rotatable bonds is 2. The number of carboxylic acids is 2. The lowest BCUT2D eigenvalue weighted by Gasteiger charge is -1.86. The van der Waals surface area contributed by atoms with Crippen molar-refractivity contribution in [2.75, 3.05) is 0 Å². The molecular formula is C12H8O7. The summed E-state index contributed by atoms with van der Waals surface area (Å²) < 4.78 is 4.35. The Kier molecular flexibility index (Phi) is 4.53. The molecule has 7 heteroatoms. The van der Waals surface area contributed by atoms with Crippen molar-refractivity contribution in [1.82, 2.24) is 0 Å². The topological polar surface area (TPSA) is 118 Å². The molecule has 1 aromatic rings. The highest BCUT2D eigenvalue weighted by atomic mass is 16.6. The van der Waals surface area contributed by atoms with Gasteiger partial charge in [0, 0.05) is 12.2 Å². The molecule has 0 fully saturated rings. The van der Waals surface area contributed by atoms with Crippen LogP contribution in [-0.2, 0) is 14.3 Å². The predicted molar refractivity (Wildman–Crippen MR) is 60.6 cm³/mol. The molecule has 98 valence electrons. The monoisotopic (exact) mass is 264 g/mol. The number of ether oxygens (including phenoxy) is 1. The average Bonchev–Trinajstić information content (AvgIpc) is 2.64. The molecule has 0 amide bonds. The number of fused-ring (bicyclic) bond motifs is 1. The smallest absolute Gasteiger partial charge is 0.346 e. The molecule has 0 aliphatic carbocycles. The van der Waals surface area contributed by atoms with Gasteiger partial charge in [0.05, 0.1) is 11.1 Å². The third kappa shape index (κ3) is 4.08. The zero-order valence-corrected chi connectivity index (χ0v) is 9.40. The summed E-state index contributed by atoms with van der Waals surface area (Å²) in [5.41, 5.74) is 0.718. The van der Waals surface area contributed by atoms with E-state index in [1.807, 2.05) is 0 Å². The fourth-order valence-corrected chi connectivity index (χ4v) is 1.18. The molecular weight excluding hydrogens is 256 g/mol. The van der Waals surface area contributed by atoms with Crippen LogP contribution in [0.5, 0.6) is 0 Å². The highest BCUT2D eigenvalue weighted by Gasteiger charge is 2.28. The summed E-state index contributed by atoms with van der Waals surface area (Å²) in [4.78, 5) is 40.8. The van der Waals surface area contributed by atoms with Gasteiger partial charge in [-0.15, -0.1) is 0 Å². The van der Waals surface area contributed by atoms with E-state index < -0.39 is 23.9 Å². The maximum absolute atomic E-state index is 10.8. The van der Waals surface area contributed by atoms with E-state index in [1.54, 1.807) is 24.3 Å². The van der Waals surface area contributed by atoms with E-state index in [9.17, 15) is 19.2 Å². The van der Waals surface area contributed by atoms with Crippen molar-refractivity contribution in [2.24, 2.45) is 0 Å². The average molecular weight is 264 g/mol. The molecule has 0 saturated carbocycles. The summed E-state index contributed by atoms with van der Waals surface area (Å²) in [6, 6.07) is 6.53. The number of esters is 2. The minimum absolute atomic E-state index is 0.359. The molecule has 0 bridgehead atoms. The quantitative estimate of drug-likeness (QED) is 0.458. The molecule has 7 nitrogen and oxygen atoms in total. The summed E-state index contributed by atoms with van der Waals surface area (Å²) in [5, 5.41) is 15.6. The lowest BCUT2D eigenvalue weighted by molar-refractivity contribution is -0.134. The van der Waals surface area contributed by atoms with Crippen molar-refractivity contribution in [3.05, 3.63) is 47.5 Å². The van der Waals surface area contributed by atoms with Crippen LogP contribution in [0.15, 0.2) is 36.4 Å². The third-order valence-electron chi connectivity index (χ3n) is 1.92. The van der Waals surface area contributed by atoms with Gasteiger partial charge < -0.3 is 14.9 Å². The largest absolute Gasteiger partial charge is 0.478 e. The van der Waals surface area contributed by atoms with Crippen LogP contribution in [0, 0.1) is 0 Å². The molecule has 2 rings (SSSR count). The maximum atomic E-state index is 10.8. The van der Waals surface area contributed by atoms with Gasteiger partial charge in [-0.2, -0.15) is 0 Å². The molecule has 1 heterocycles. The van der Waals surface area contributed by atoms with Crippen LogP contribution in [0.3, 0.4) is 0 Å². The molecule has 1 aromatic carbocycles. The minimum Gasteiger partial charge on any atom is -0.478 e. The lowest BCUT2D eigenvalue weighted by atomic mass is 10.1. The number of cyclic esters (lactones) is 2. The molecule has 0 spiro atoms. The molecule has 1 aliphatic heterocycles. The van der Waals surface area contributed by atoms with E-state index in [0.29, 0.717) is 23.3 Å². The van der Waals surface area contributed by atoms with E-state index in [2.05, 4.69) is 4.74 Å². The Bertz CT molecular complexity index is 522. The fraction of sp³-hybridized carbons (Fsp3) is 0. The first-order valence-electron chi connectivity index (χ1n) is 4.91. The second-order valence-electron chi connectivity index (χ2n) is 3.23. The van der Waals surface area contributed by atoms with E-state index in [-0.39, 0.29) is 0 Å². The number of aliphatic carboxylic acids is 2. The Balaban J connectivity index is 0.000000203. The van der Waals surface area contributed by atoms with Crippen LogP contribution in [-0.4, -0.2) is 34.1 Å². The predicted octanol–water partition coefficient (Wildman–Crippen LogP) is 0.709. The summed E-state index contributed by atoms with van der Waals surface area (Å²) >= 11 is 0. The molecule has 0 aromatic heterocycles. The van der Waals surface area contributed by atoms with Gasteiger partial charge in [0.25, 0.3) is 0 Å². The van der Waals surface area contributed by atoms with E-state index >= 15 is 0 Å². The molecule has 0 radical (unpaired) electrons. The first kappa shape index (κ1) is 14.1. The summed E-state index contributed by atoms with van der Waals surface area (Å²) in [6.45, 7) is 0. The van der Waals surface area contributed by atoms with Crippen LogP contribution in [0.4, 0.5) is 0 Å². The maximum Gasteiger partial charge on any atom is 0.346 e. The zero-order valence-electron chi connectivity index (χ0n) is 9.40. The van der Waals surface area contributed by atoms with Crippen LogP contribution >= 0.6 is 0 Å². The van der Waals surface area contributed by atoms with E-state index in [0.717, 1.165) is 0 Å². The Labute approximate surface area is 106 Å². The number of hydrogen-bond acceptors (Lipinski definition) is 5. The molecule has 2 N–H and O–H groups in total. The normalized spacial score (nSPS) is 12.4. The van der Waals surface area contributed by atoms with Crippen molar-refractivity contribution in [3.8, 4) is 0 Å². The van der Waals surface area contributed by atoms with Crippen molar-refractivity contribution in [1.29, 1.82) is 0 Å². The number of hydrogen-bond donors (Lipinski definition) is 2. The van der Waals surface area contributed by atoms with Gasteiger partial charge in [0.1, 0.15) is 0 Å². The zero-order chi connectivity index (χ0) is 14.4. The minimum atomic E-state index is -1.26. The van der Waals surface area contributed by atoms with Crippen molar-refractivity contribution >= 4 is 23.9 Å². The number of carbonyl (C=O) groups excluding carboxylic acids is 2. The Morgan fingerprint density at radius 3 is 1.58 bits per heavy atom. The second-order valence-corrected chi connectivity index (χ2v) is 3.23. The lowest BCUT2D eigenvalue weighted by Crippen LogP contribution is -1.96. The molecule has 19 heavy (non-hydrogen) atoms. The highest BCUT2D eigenvalue weighted by Crippen LogP contribution is 2.18. The van der Waals surface area contributed by atoms with Crippen LogP contribution in [0.25, 0.3) is 0 Å². The van der Waals surface area contributed by atoms with Crippen LogP contribution in [0.1, 0.15) is 20.7 Å². The fourth-order valence-electron chi connectivity index (χ4n) is 1.18. The summed E-state index contributed by atoms with van der Waals surface area (Å²) in [7, 11) is 0. The van der Waals surface area contributed by atoms with Gasteiger partial charge in [-0.05, 0) is 12.1 Å². The van der Waals surface area contributed by atoms with E-state index in [1.165, 1.54) is 0 Å². The van der Waals surface area contributed by atoms with Gasteiger partial charge in [-0.3, -0.25) is 0 Å². The van der Waals surface area contributed by atoms with Crippen molar-refractivity contribution in [3.63, 3.8) is 0 Å². The van der Waals surface area contributed by atoms with Gasteiger partial charge in [0.15, 0.2) is 0 Å². The number of benzene rings is 1. The van der Waals surface area contributed by atoms with Crippen molar-refractivity contribution < 1.29 is 34.1 Å². The van der Waals surface area contributed by atoms with Gasteiger partial charge in [-0.25, -0.2) is 19.2 Å². The van der Waals surface area contributed by atoms with E-state index in [4.69, 9.17) is 10.2 Å².